The second-order valence-corrected chi connectivity index (χ2v) is 5.25. The molecule has 1 atom stereocenters. The minimum atomic E-state index is -0.971. The van der Waals surface area contributed by atoms with Gasteiger partial charge in [-0.3, -0.25) is 14.9 Å². The van der Waals surface area contributed by atoms with Crippen LogP contribution in [0.1, 0.15) is 17.2 Å². The molecule has 24 heavy (non-hydrogen) atoms. The Morgan fingerprint density at radius 2 is 1.75 bits per heavy atom. The molecule has 2 N–H and O–H groups in total. The molecule has 1 fully saturated rings. The van der Waals surface area contributed by atoms with E-state index < -0.39 is 18.1 Å². The van der Waals surface area contributed by atoms with Gasteiger partial charge in [0.15, 0.2) is 0 Å². The molecule has 1 unspecified atom stereocenters. The van der Waals surface area contributed by atoms with E-state index in [0.29, 0.717) is 16.8 Å². The van der Waals surface area contributed by atoms with Crippen LogP contribution < -0.4 is 10.6 Å². The van der Waals surface area contributed by atoms with Crippen molar-refractivity contribution in [3.05, 3.63) is 65.5 Å². The van der Waals surface area contributed by atoms with Gasteiger partial charge in [-0.1, -0.05) is 24.3 Å². The van der Waals surface area contributed by atoms with Crippen molar-refractivity contribution in [1.82, 2.24) is 5.32 Å². The number of rotatable bonds is 4. The lowest BCUT2D eigenvalue weighted by molar-refractivity contribution is -0.123. The first-order valence-corrected chi connectivity index (χ1v) is 7.17. The smallest absolute Gasteiger partial charge is 0.415 e. The molecular weight excluding hydrogens is 315 g/mol. The molecule has 0 bridgehead atoms. The average molecular weight is 328 g/mol. The van der Waals surface area contributed by atoms with Gasteiger partial charge in [0, 0.05) is 11.3 Å². The SMILES string of the molecule is O=C(Cc1ccc(F)cc1)Nc1ccc(C2OC(=O)NC2=O)cc1. The minimum Gasteiger partial charge on any atom is -0.431 e. The maximum Gasteiger partial charge on any atom is 0.415 e. The summed E-state index contributed by atoms with van der Waals surface area (Å²) in [5, 5.41) is 4.75. The predicted octanol–water partition coefficient (Wildman–Crippen LogP) is 2.31. The van der Waals surface area contributed by atoms with Crippen molar-refractivity contribution in [2.45, 2.75) is 12.5 Å². The van der Waals surface area contributed by atoms with Crippen LogP contribution in [-0.2, 0) is 20.7 Å². The highest BCUT2D eigenvalue weighted by atomic mass is 19.1. The Balaban J connectivity index is 1.61. The number of amides is 3. The zero-order valence-corrected chi connectivity index (χ0v) is 12.4. The van der Waals surface area contributed by atoms with E-state index in [-0.39, 0.29) is 18.1 Å². The highest BCUT2D eigenvalue weighted by molar-refractivity contribution is 6.00. The van der Waals surface area contributed by atoms with Gasteiger partial charge >= 0.3 is 6.09 Å². The fourth-order valence-electron chi connectivity index (χ4n) is 2.31. The number of benzene rings is 2. The van der Waals surface area contributed by atoms with E-state index in [0.717, 1.165) is 0 Å². The summed E-state index contributed by atoms with van der Waals surface area (Å²) < 4.78 is 17.7. The Bertz CT molecular complexity index is 787. The predicted molar refractivity (Wildman–Crippen MR) is 82.5 cm³/mol. The molecule has 1 heterocycles. The van der Waals surface area contributed by atoms with Gasteiger partial charge in [0.2, 0.25) is 12.0 Å². The van der Waals surface area contributed by atoms with Gasteiger partial charge in [0.1, 0.15) is 5.82 Å². The molecule has 0 spiro atoms. The van der Waals surface area contributed by atoms with E-state index in [4.69, 9.17) is 4.74 Å². The van der Waals surface area contributed by atoms with Gasteiger partial charge in [-0.05, 0) is 29.8 Å². The molecule has 1 saturated heterocycles. The van der Waals surface area contributed by atoms with E-state index in [1.165, 1.54) is 12.1 Å². The van der Waals surface area contributed by atoms with Crippen LogP contribution in [0.5, 0.6) is 0 Å². The lowest BCUT2D eigenvalue weighted by atomic mass is 10.1. The summed E-state index contributed by atoms with van der Waals surface area (Å²) in [6.07, 6.45) is -1.63. The number of carbonyl (C=O) groups excluding carboxylic acids is 3. The second kappa shape index (κ2) is 6.49. The van der Waals surface area contributed by atoms with Crippen molar-refractivity contribution in [1.29, 1.82) is 0 Å². The third-order valence-electron chi connectivity index (χ3n) is 3.46. The maximum atomic E-state index is 12.8. The summed E-state index contributed by atoms with van der Waals surface area (Å²) in [7, 11) is 0. The van der Waals surface area contributed by atoms with E-state index in [1.807, 2.05) is 5.32 Å². The molecule has 122 valence electrons. The fraction of sp³-hybridized carbons (Fsp3) is 0.118. The van der Waals surface area contributed by atoms with Crippen molar-refractivity contribution in [2.75, 3.05) is 5.32 Å². The van der Waals surface area contributed by atoms with Crippen molar-refractivity contribution >= 4 is 23.6 Å². The topological polar surface area (TPSA) is 84.5 Å². The largest absolute Gasteiger partial charge is 0.431 e. The van der Waals surface area contributed by atoms with Gasteiger partial charge in [0.25, 0.3) is 5.91 Å². The first-order chi connectivity index (χ1) is 11.5. The Kier molecular flexibility index (Phi) is 4.24. The summed E-state index contributed by atoms with van der Waals surface area (Å²) in [5.41, 5.74) is 1.74. The Morgan fingerprint density at radius 1 is 1.08 bits per heavy atom. The number of carbonyl (C=O) groups is 3. The van der Waals surface area contributed by atoms with Crippen LogP contribution in [0.2, 0.25) is 0 Å². The Labute approximate surface area is 136 Å². The molecule has 0 aliphatic carbocycles. The highest BCUT2D eigenvalue weighted by Crippen LogP contribution is 2.23. The molecule has 3 amide bonds. The number of nitrogens with one attached hydrogen (secondary N) is 2. The molecule has 1 aliphatic heterocycles. The quantitative estimate of drug-likeness (QED) is 0.902. The van der Waals surface area contributed by atoms with Crippen LogP contribution in [0.25, 0.3) is 0 Å². The monoisotopic (exact) mass is 328 g/mol. The van der Waals surface area contributed by atoms with Gasteiger partial charge in [-0.25, -0.2) is 9.18 Å². The number of cyclic esters (lactones) is 1. The second-order valence-electron chi connectivity index (χ2n) is 5.25. The summed E-state index contributed by atoms with van der Waals surface area (Å²) in [5.74, 6) is -1.13. The first kappa shape index (κ1) is 15.7. The van der Waals surface area contributed by atoms with E-state index in [9.17, 15) is 18.8 Å². The maximum absolute atomic E-state index is 12.8. The summed E-state index contributed by atoms with van der Waals surface area (Å²) >= 11 is 0. The molecule has 1 aliphatic rings. The number of hydrogen-bond donors (Lipinski definition) is 2. The van der Waals surface area contributed by atoms with Crippen LogP contribution in [0.4, 0.5) is 14.9 Å². The molecular formula is C17H13FN2O4. The summed E-state index contributed by atoms with van der Waals surface area (Å²) in [6.45, 7) is 0. The number of imide groups is 1. The Morgan fingerprint density at radius 3 is 2.33 bits per heavy atom. The van der Waals surface area contributed by atoms with Crippen molar-refractivity contribution < 1.29 is 23.5 Å². The van der Waals surface area contributed by atoms with Gasteiger partial charge < -0.3 is 10.1 Å². The lowest BCUT2D eigenvalue weighted by Gasteiger charge is -2.09. The highest BCUT2D eigenvalue weighted by Gasteiger charge is 2.33. The lowest BCUT2D eigenvalue weighted by Crippen LogP contribution is -2.20. The molecule has 0 aromatic heterocycles. The zero-order chi connectivity index (χ0) is 17.1. The number of hydrogen-bond acceptors (Lipinski definition) is 4. The number of halogens is 1. The molecule has 7 heteroatoms. The van der Waals surface area contributed by atoms with Gasteiger partial charge in [-0.15, -0.1) is 0 Å². The van der Waals surface area contributed by atoms with Crippen molar-refractivity contribution in [3.63, 3.8) is 0 Å². The molecule has 2 aromatic rings. The molecule has 2 aromatic carbocycles. The summed E-state index contributed by atoms with van der Waals surface area (Å²) in [4.78, 5) is 34.5. The molecule has 6 nitrogen and oxygen atoms in total. The minimum absolute atomic E-state index is 0.116. The van der Waals surface area contributed by atoms with Crippen LogP contribution in [0, 0.1) is 5.82 Å². The van der Waals surface area contributed by atoms with Gasteiger partial charge in [0.05, 0.1) is 6.42 Å². The number of anilines is 1. The fourth-order valence-corrected chi connectivity index (χ4v) is 2.31. The van der Waals surface area contributed by atoms with Crippen LogP contribution in [0.15, 0.2) is 48.5 Å². The molecule has 0 radical (unpaired) electrons. The van der Waals surface area contributed by atoms with E-state index >= 15 is 0 Å². The Hall–Kier alpha value is -3.22. The third kappa shape index (κ3) is 3.57. The third-order valence-corrected chi connectivity index (χ3v) is 3.46. The molecule has 3 rings (SSSR count). The zero-order valence-electron chi connectivity index (χ0n) is 12.4. The van der Waals surface area contributed by atoms with E-state index in [2.05, 4.69) is 5.32 Å². The van der Waals surface area contributed by atoms with Crippen LogP contribution in [0.3, 0.4) is 0 Å². The van der Waals surface area contributed by atoms with Crippen LogP contribution in [-0.4, -0.2) is 17.9 Å². The van der Waals surface area contributed by atoms with Crippen LogP contribution >= 0.6 is 0 Å². The number of alkyl carbamates (subject to hydrolysis) is 1. The van der Waals surface area contributed by atoms with Gasteiger partial charge in [-0.2, -0.15) is 0 Å². The first-order valence-electron chi connectivity index (χ1n) is 7.17. The summed E-state index contributed by atoms with van der Waals surface area (Å²) in [6, 6.07) is 12.1. The normalized spacial score (nSPS) is 16.5. The average Bonchev–Trinajstić information content (AvgIpc) is 2.89. The number of ether oxygens (including phenoxy) is 1. The standard InChI is InChI=1S/C17H13FN2O4/c18-12-5-1-10(2-6-12)9-14(21)19-13-7-3-11(4-8-13)15-16(22)20-17(23)24-15/h1-8,15H,9H2,(H,19,21)(H,20,22,23). The van der Waals surface area contributed by atoms with Crippen molar-refractivity contribution in [3.8, 4) is 0 Å². The van der Waals surface area contributed by atoms with E-state index in [1.54, 1.807) is 36.4 Å². The van der Waals surface area contributed by atoms with Crippen molar-refractivity contribution in [2.24, 2.45) is 0 Å². The molecule has 0 saturated carbocycles.